The number of carbonyl (C=O) groups excluding carboxylic acids is 1. The van der Waals surface area contributed by atoms with Crippen molar-refractivity contribution in [2.75, 3.05) is 19.6 Å². The van der Waals surface area contributed by atoms with Crippen molar-refractivity contribution < 1.29 is 19.5 Å². The molecule has 2 atom stereocenters. The van der Waals surface area contributed by atoms with Crippen LogP contribution >= 0.6 is 0 Å². The Morgan fingerprint density at radius 3 is 2.42 bits per heavy atom. The zero-order chi connectivity index (χ0) is 21.4. The largest absolute Gasteiger partial charge is 0.479 e. The molecule has 3 aliphatic rings. The van der Waals surface area contributed by atoms with E-state index in [0.717, 1.165) is 24.1 Å². The summed E-state index contributed by atoms with van der Waals surface area (Å²) in [7, 11) is 0. The van der Waals surface area contributed by atoms with E-state index in [-0.39, 0.29) is 12.6 Å². The normalized spacial score (nSPS) is 22.6. The van der Waals surface area contributed by atoms with Gasteiger partial charge in [-0.3, -0.25) is 4.84 Å². The highest BCUT2D eigenvalue weighted by molar-refractivity contribution is 5.88. The second-order valence-electron chi connectivity index (χ2n) is 7.98. The number of amides is 2. The van der Waals surface area contributed by atoms with Gasteiger partial charge < -0.3 is 15.4 Å². The first-order valence-electron chi connectivity index (χ1n) is 10.4. The Morgan fingerprint density at radius 1 is 1.06 bits per heavy atom. The molecule has 0 radical (unpaired) electrons. The molecule has 0 aliphatic carbocycles. The number of benzene rings is 2. The van der Waals surface area contributed by atoms with Crippen LogP contribution < -0.4 is 5.43 Å². The number of hydrogen-bond donors (Lipinski definition) is 2. The first-order valence-corrected chi connectivity index (χ1v) is 10.4. The monoisotopic (exact) mass is 420 g/mol. The molecule has 3 aliphatic heterocycles. The zero-order valence-electron chi connectivity index (χ0n) is 17.0. The number of carboxylic acids is 1. The third-order valence-electron chi connectivity index (χ3n) is 6.02. The zero-order valence-corrected chi connectivity index (χ0v) is 17.0. The highest BCUT2D eigenvalue weighted by Gasteiger charge is 2.54. The number of nitrogens with one attached hydrogen (secondary N) is 1. The van der Waals surface area contributed by atoms with Crippen molar-refractivity contribution >= 4 is 12.0 Å². The van der Waals surface area contributed by atoms with E-state index in [1.54, 1.807) is 0 Å². The average Bonchev–Trinajstić information content (AvgIpc) is 3.33. The summed E-state index contributed by atoms with van der Waals surface area (Å²) in [4.78, 5) is 32.3. The van der Waals surface area contributed by atoms with E-state index in [9.17, 15) is 14.7 Å². The van der Waals surface area contributed by atoms with Crippen LogP contribution in [0.1, 0.15) is 11.1 Å². The minimum atomic E-state index is -1.04. The maximum atomic E-state index is 12.9. The van der Waals surface area contributed by atoms with Gasteiger partial charge in [0.05, 0.1) is 12.2 Å². The lowest BCUT2D eigenvalue weighted by Gasteiger charge is -2.28. The van der Waals surface area contributed by atoms with Crippen LogP contribution in [0.15, 0.2) is 71.9 Å². The van der Waals surface area contributed by atoms with Crippen LogP contribution in [0.5, 0.6) is 0 Å². The van der Waals surface area contributed by atoms with E-state index in [1.165, 1.54) is 15.5 Å². The summed E-state index contributed by atoms with van der Waals surface area (Å²) in [6, 6.07) is 18.1. The van der Waals surface area contributed by atoms with Gasteiger partial charge in [-0.2, -0.15) is 5.06 Å². The summed E-state index contributed by atoms with van der Waals surface area (Å²) in [5.74, 6) is -1.04. The summed E-state index contributed by atoms with van der Waals surface area (Å²) < 4.78 is 0. The Hall–Kier alpha value is -3.36. The van der Waals surface area contributed by atoms with E-state index in [4.69, 9.17) is 4.84 Å². The molecule has 0 spiro atoms. The predicted octanol–water partition coefficient (Wildman–Crippen LogP) is 2.01. The Morgan fingerprint density at radius 2 is 1.74 bits per heavy atom. The number of carbonyl (C=O) groups is 2. The van der Waals surface area contributed by atoms with E-state index < -0.39 is 18.0 Å². The minimum Gasteiger partial charge on any atom is -0.479 e. The third-order valence-corrected chi connectivity index (χ3v) is 6.02. The molecule has 3 heterocycles. The molecule has 2 N–H and O–H groups in total. The molecule has 1 saturated heterocycles. The summed E-state index contributed by atoms with van der Waals surface area (Å²) >= 11 is 0. The van der Waals surface area contributed by atoms with E-state index in [1.807, 2.05) is 53.5 Å². The fourth-order valence-corrected chi connectivity index (χ4v) is 4.48. The molecule has 2 amide bonds. The van der Waals surface area contributed by atoms with Gasteiger partial charge in [0.15, 0.2) is 6.04 Å². The van der Waals surface area contributed by atoms with Crippen LogP contribution in [-0.2, 0) is 22.7 Å². The Labute approximate surface area is 180 Å². The van der Waals surface area contributed by atoms with Crippen LogP contribution in [0.4, 0.5) is 4.79 Å². The van der Waals surface area contributed by atoms with Gasteiger partial charge in [0.2, 0.25) is 0 Å². The molecule has 2 bridgehead atoms. The van der Waals surface area contributed by atoms with Gasteiger partial charge >= 0.3 is 12.0 Å². The number of hydrogen-bond acceptors (Lipinski definition) is 5. The van der Waals surface area contributed by atoms with Crippen LogP contribution in [0.3, 0.4) is 0 Å². The van der Waals surface area contributed by atoms with Crippen LogP contribution in [-0.4, -0.2) is 63.8 Å². The van der Waals surface area contributed by atoms with Crippen molar-refractivity contribution in [2.45, 2.75) is 25.1 Å². The molecule has 2 aromatic carbocycles. The van der Waals surface area contributed by atoms with Crippen molar-refractivity contribution in [3.63, 3.8) is 0 Å². The number of nitrogens with zero attached hydrogens (tertiary/aromatic N) is 3. The molecule has 0 aromatic heterocycles. The lowest BCUT2D eigenvalue weighted by molar-refractivity contribution is -0.141. The fourth-order valence-electron chi connectivity index (χ4n) is 4.48. The van der Waals surface area contributed by atoms with Gasteiger partial charge in [-0.15, -0.1) is 0 Å². The molecule has 5 rings (SSSR count). The van der Waals surface area contributed by atoms with Gasteiger partial charge in [0.25, 0.3) is 0 Å². The Balaban J connectivity index is 1.32. The number of fused-ring (bicyclic) bond motifs is 3. The van der Waals surface area contributed by atoms with Gasteiger partial charge in [-0.1, -0.05) is 60.7 Å². The third kappa shape index (κ3) is 3.64. The first-order chi connectivity index (χ1) is 15.1. The number of hydrazine groups is 1. The molecule has 0 unspecified atom stereocenters. The van der Waals surface area contributed by atoms with Gasteiger partial charge in [0, 0.05) is 13.1 Å². The summed E-state index contributed by atoms with van der Waals surface area (Å²) in [6.45, 7) is 1.86. The molecular weight excluding hydrogens is 396 g/mol. The summed E-state index contributed by atoms with van der Waals surface area (Å²) in [6.07, 6.45) is 0.841. The van der Waals surface area contributed by atoms with Crippen molar-refractivity contribution in [3.05, 3.63) is 83.1 Å². The number of urea groups is 1. The second kappa shape index (κ2) is 8.05. The lowest BCUT2D eigenvalue weighted by atomic mass is 9.97. The van der Waals surface area contributed by atoms with Gasteiger partial charge in [-0.25, -0.2) is 14.6 Å². The predicted molar refractivity (Wildman–Crippen MR) is 112 cm³/mol. The standard InChI is InChI=1S/C23H24N4O4/c28-22(29)21-20-18(13-25(24-20)12-11-16-7-3-1-4-8-16)19-14-26(21)23(30)27(19)31-15-17-9-5-2-6-10-17/h1-10,19,21,24H,11-15H2,(H,28,29)/t19-,21+/m1/s1. The lowest BCUT2D eigenvalue weighted by Crippen LogP contribution is -2.49. The number of hydroxylamine groups is 2. The maximum absolute atomic E-state index is 12.9. The second-order valence-corrected chi connectivity index (χ2v) is 7.98. The van der Waals surface area contributed by atoms with Crippen LogP contribution in [0, 0.1) is 0 Å². The fraction of sp³-hybridized carbons (Fsp3) is 0.304. The topological polar surface area (TPSA) is 85.3 Å². The average molecular weight is 420 g/mol. The molecule has 0 saturated carbocycles. The molecule has 160 valence electrons. The Kier molecular flexibility index (Phi) is 5.09. The van der Waals surface area contributed by atoms with E-state index in [0.29, 0.717) is 18.8 Å². The molecule has 8 nitrogen and oxygen atoms in total. The SMILES string of the molecule is O=C(O)[C@@H]1C2=C(CN(CCc3ccccc3)N2)[C@H]2CN1C(=O)N2OCc1ccccc1. The highest BCUT2D eigenvalue weighted by Crippen LogP contribution is 2.37. The van der Waals surface area contributed by atoms with Gasteiger partial charge in [-0.05, 0) is 23.1 Å². The first kappa shape index (κ1) is 19.6. The molecule has 31 heavy (non-hydrogen) atoms. The van der Waals surface area contributed by atoms with Crippen molar-refractivity contribution in [1.82, 2.24) is 20.4 Å². The molecule has 1 fully saturated rings. The molecule has 8 heteroatoms. The summed E-state index contributed by atoms with van der Waals surface area (Å²) in [5, 5.41) is 13.2. The summed E-state index contributed by atoms with van der Waals surface area (Å²) in [5.41, 5.74) is 6.94. The highest BCUT2D eigenvalue weighted by atomic mass is 16.7. The minimum absolute atomic E-state index is 0.252. The quantitative estimate of drug-likeness (QED) is 0.713. The maximum Gasteiger partial charge on any atom is 0.345 e. The van der Waals surface area contributed by atoms with Crippen molar-refractivity contribution in [2.24, 2.45) is 0 Å². The van der Waals surface area contributed by atoms with E-state index in [2.05, 4.69) is 17.6 Å². The van der Waals surface area contributed by atoms with E-state index >= 15 is 0 Å². The van der Waals surface area contributed by atoms with Crippen LogP contribution in [0.2, 0.25) is 0 Å². The Bertz CT molecular complexity index is 1010. The number of carboxylic acid groups (broad SMARTS) is 1. The number of rotatable bonds is 7. The number of aliphatic carboxylic acids is 1. The molecule has 2 aromatic rings. The molecular formula is C23H24N4O4. The van der Waals surface area contributed by atoms with Crippen molar-refractivity contribution in [3.8, 4) is 0 Å². The van der Waals surface area contributed by atoms with Crippen molar-refractivity contribution in [1.29, 1.82) is 0 Å². The van der Waals surface area contributed by atoms with Gasteiger partial charge in [0.1, 0.15) is 12.6 Å². The smallest absolute Gasteiger partial charge is 0.345 e. The van der Waals surface area contributed by atoms with Crippen LogP contribution in [0.25, 0.3) is 0 Å².